The summed E-state index contributed by atoms with van der Waals surface area (Å²) in [6, 6.07) is 2.24. The number of nitrogens with zero attached hydrogens (tertiary/aromatic N) is 1. The Balaban J connectivity index is 1.52. The molecular weight excluding hydrogens is 294 g/mol. The smallest absolute Gasteiger partial charge is 0.256 e. The first-order valence-electron chi connectivity index (χ1n) is 8.45. The molecule has 3 heterocycles. The molecular formula is C17H25N3O3. The molecule has 0 radical (unpaired) electrons. The Hall–Kier alpha value is -1.66. The number of hydrogen-bond acceptors (Lipinski definition) is 4. The molecule has 2 aliphatic rings. The molecule has 6 heteroatoms. The molecule has 23 heavy (non-hydrogen) atoms. The van der Waals surface area contributed by atoms with Gasteiger partial charge in [0.2, 0.25) is 0 Å². The van der Waals surface area contributed by atoms with E-state index in [1.807, 2.05) is 0 Å². The molecule has 126 valence electrons. The molecule has 3 rings (SSSR count). The van der Waals surface area contributed by atoms with Gasteiger partial charge in [-0.25, -0.2) is 0 Å². The van der Waals surface area contributed by atoms with E-state index in [0.717, 1.165) is 57.7 Å². The van der Waals surface area contributed by atoms with Crippen LogP contribution < -0.4 is 10.7 Å². The minimum atomic E-state index is -0.268. The molecule has 6 nitrogen and oxygen atoms in total. The molecule has 0 bridgehead atoms. The minimum absolute atomic E-state index is 0.152. The summed E-state index contributed by atoms with van der Waals surface area (Å²) >= 11 is 0. The van der Waals surface area contributed by atoms with Gasteiger partial charge in [0.05, 0.1) is 0 Å². The van der Waals surface area contributed by atoms with E-state index < -0.39 is 0 Å². The van der Waals surface area contributed by atoms with Crippen molar-refractivity contribution in [2.24, 2.45) is 0 Å². The number of hydrogen-bond donors (Lipinski definition) is 2. The van der Waals surface area contributed by atoms with Crippen molar-refractivity contribution in [2.75, 3.05) is 26.3 Å². The summed E-state index contributed by atoms with van der Waals surface area (Å²) in [5.41, 5.74) is 0.733. The quantitative estimate of drug-likeness (QED) is 0.873. The maximum atomic E-state index is 12.3. The lowest BCUT2D eigenvalue weighted by Gasteiger charge is -2.39. The number of aromatic nitrogens is 1. The van der Waals surface area contributed by atoms with Crippen LogP contribution in [0.3, 0.4) is 0 Å². The lowest BCUT2D eigenvalue weighted by atomic mass is 9.99. The van der Waals surface area contributed by atoms with Gasteiger partial charge in [-0.15, -0.1) is 0 Å². The Kier molecular flexibility index (Phi) is 5.13. The second-order valence-corrected chi connectivity index (χ2v) is 6.52. The number of ether oxygens (including phenoxy) is 1. The van der Waals surface area contributed by atoms with Gasteiger partial charge in [0, 0.05) is 56.3 Å². The molecule has 0 atom stereocenters. The third-order valence-electron chi connectivity index (χ3n) is 4.87. The zero-order valence-corrected chi connectivity index (χ0v) is 13.6. The zero-order chi connectivity index (χ0) is 16.2. The Morgan fingerprint density at radius 3 is 2.61 bits per heavy atom. The fourth-order valence-electron chi connectivity index (χ4n) is 3.47. The molecule has 1 aromatic rings. The number of amides is 1. The van der Waals surface area contributed by atoms with E-state index in [1.165, 1.54) is 12.3 Å². The van der Waals surface area contributed by atoms with Crippen molar-refractivity contribution in [3.05, 3.63) is 33.7 Å². The number of pyridine rings is 1. The Bertz CT molecular complexity index is 599. The SMILES string of the molecule is Cc1cc(=O)c(C(=O)NC2CCN(C3CCOCC3)CC2)c[nH]1. The van der Waals surface area contributed by atoms with Crippen LogP contribution in [0, 0.1) is 6.92 Å². The van der Waals surface area contributed by atoms with E-state index in [2.05, 4.69) is 15.2 Å². The van der Waals surface area contributed by atoms with Gasteiger partial charge in [-0.05, 0) is 32.6 Å². The average molecular weight is 319 g/mol. The summed E-state index contributed by atoms with van der Waals surface area (Å²) in [4.78, 5) is 29.6. The van der Waals surface area contributed by atoms with Gasteiger partial charge < -0.3 is 19.9 Å². The van der Waals surface area contributed by atoms with Crippen molar-refractivity contribution in [1.82, 2.24) is 15.2 Å². The van der Waals surface area contributed by atoms with E-state index in [0.29, 0.717) is 6.04 Å². The Morgan fingerprint density at radius 1 is 1.26 bits per heavy atom. The number of aryl methyl sites for hydroxylation is 1. The molecule has 2 aliphatic heterocycles. The van der Waals surface area contributed by atoms with Gasteiger partial charge in [-0.3, -0.25) is 9.59 Å². The number of carbonyl (C=O) groups is 1. The number of H-pyrrole nitrogens is 1. The predicted molar refractivity (Wildman–Crippen MR) is 87.7 cm³/mol. The van der Waals surface area contributed by atoms with Crippen molar-refractivity contribution in [3.8, 4) is 0 Å². The summed E-state index contributed by atoms with van der Waals surface area (Å²) in [5.74, 6) is -0.268. The second-order valence-electron chi connectivity index (χ2n) is 6.52. The maximum absolute atomic E-state index is 12.3. The highest BCUT2D eigenvalue weighted by Gasteiger charge is 2.27. The number of likely N-dealkylation sites (tertiary alicyclic amines) is 1. The maximum Gasteiger partial charge on any atom is 0.256 e. The van der Waals surface area contributed by atoms with Crippen LogP contribution in [0.4, 0.5) is 0 Å². The van der Waals surface area contributed by atoms with Crippen LogP contribution in [-0.4, -0.2) is 54.2 Å². The summed E-state index contributed by atoms with van der Waals surface area (Å²) < 4.78 is 5.42. The molecule has 0 spiro atoms. The van der Waals surface area contributed by atoms with Gasteiger partial charge >= 0.3 is 0 Å². The lowest BCUT2D eigenvalue weighted by molar-refractivity contribution is 0.0238. The number of piperidine rings is 1. The molecule has 0 saturated carbocycles. The van der Waals surface area contributed by atoms with Gasteiger partial charge in [-0.1, -0.05) is 0 Å². The topological polar surface area (TPSA) is 74.4 Å². The molecule has 1 aromatic heterocycles. The highest BCUT2D eigenvalue weighted by atomic mass is 16.5. The fraction of sp³-hybridized carbons (Fsp3) is 0.647. The highest BCUT2D eigenvalue weighted by molar-refractivity contribution is 5.93. The van der Waals surface area contributed by atoms with Gasteiger partial charge in [0.1, 0.15) is 5.56 Å². The zero-order valence-electron chi connectivity index (χ0n) is 13.6. The normalized spacial score (nSPS) is 21.3. The third kappa shape index (κ3) is 4.00. The largest absolute Gasteiger partial charge is 0.381 e. The van der Waals surface area contributed by atoms with Crippen molar-refractivity contribution in [1.29, 1.82) is 0 Å². The monoisotopic (exact) mass is 319 g/mol. The van der Waals surface area contributed by atoms with E-state index in [1.54, 1.807) is 6.92 Å². The predicted octanol–water partition coefficient (Wildman–Crippen LogP) is 1.06. The van der Waals surface area contributed by atoms with Crippen molar-refractivity contribution in [2.45, 2.75) is 44.7 Å². The van der Waals surface area contributed by atoms with E-state index >= 15 is 0 Å². The number of nitrogens with one attached hydrogen (secondary N) is 2. The summed E-state index contributed by atoms with van der Waals surface area (Å²) in [6.45, 7) is 5.52. The van der Waals surface area contributed by atoms with Gasteiger partial charge in [0.15, 0.2) is 5.43 Å². The summed E-state index contributed by atoms with van der Waals surface area (Å²) in [7, 11) is 0. The first-order chi connectivity index (χ1) is 11.1. The standard InChI is InChI=1S/C17H25N3O3/c1-12-10-16(21)15(11-18-12)17(22)19-13-2-6-20(7-3-13)14-4-8-23-9-5-14/h10-11,13-14H,2-9H2,1H3,(H,18,21)(H,19,22). The molecule has 2 N–H and O–H groups in total. The van der Waals surface area contributed by atoms with Crippen LogP contribution in [0.1, 0.15) is 41.7 Å². The number of aromatic amines is 1. The van der Waals surface area contributed by atoms with Crippen molar-refractivity contribution in [3.63, 3.8) is 0 Å². The van der Waals surface area contributed by atoms with Crippen LogP contribution in [-0.2, 0) is 4.74 Å². The third-order valence-corrected chi connectivity index (χ3v) is 4.87. The second kappa shape index (κ2) is 7.27. The van der Waals surface area contributed by atoms with Gasteiger partial charge in [-0.2, -0.15) is 0 Å². The van der Waals surface area contributed by atoms with Gasteiger partial charge in [0.25, 0.3) is 5.91 Å². The van der Waals surface area contributed by atoms with Crippen LogP contribution >= 0.6 is 0 Å². The summed E-state index contributed by atoms with van der Waals surface area (Å²) in [5, 5.41) is 3.01. The van der Waals surface area contributed by atoms with Crippen LogP contribution in [0.5, 0.6) is 0 Å². The summed E-state index contributed by atoms with van der Waals surface area (Å²) in [6.07, 6.45) is 5.59. The van der Waals surface area contributed by atoms with Crippen molar-refractivity contribution < 1.29 is 9.53 Å². The average Bonchev–Trinajstić information content (AvgIpc) is 2.56. The van der Waals surface area contributed by atoms with Crippen LogP contribution in [0.15, 0.2) is 17.1 Å². The van der Waals surface area contributed by atoms with E-state index in [-0.39, 0.29) is 22.9 Å². The highest BCUT2D eigenvalue weighted by Crippen LogP contribution is 2.20. The minimum Gasteiger partial charge on any atom is -0.381 e. The number of rotatable bonds is 3. The molecule has 2 saturated heterocycles. The molecule has 0 unspecified atom stereocenters. The Labute approximate surface area is 136 Å². The van der Waals surface area contributed by atoms with E-state index in [9.17, 15) is 9.59 Å². The molecule has 1 amide bonds. The lowest BCUT2D eigenvalue weighted by Crippen LogP contribution is -2.49. The molecule has 0 aliphatic carbocycles. The fourth-order valence-corrected chi connectivity index (χ4v) is 3.47. The first-order valence-corrected chi connectivity index (χ1v) is 8.45. The van der Waals surface area contributed by atoms with Crippen LogP contribution in [0.2, 0.25) is 0 Å². The van der Waals surface area contributed by atoms with E-state index in [4.69, 9.17) is 4.74 Å². The van der Waals surface area contributed by atoms with Crippen molar-refractivity contribution >= 4 is 5.91 Å². The number of carbonyl (C=O) groups excluding carboxylic acids is 1. The molecule has 2 fully saturated rings. The molecule has 0 aromatic carbocycles. The van der Waals surface area contributed by atoms with Crippen LogP contribution in [0.25, 0.3) is 0 Å². The first kappa shape index (κ1) is 16.2. The Morgan fingerprint density at radius 2 is 1.96 bits per heavy atom.